The maximum atomic E-state index is 13.4. The van der Waals surface area contributed by atoms with E-state index in [1.807, 2.05) is 62.4 Å². The zero-order valence-electron chi connectivity index (χ0n) is 17.5. The number of carbonyl (C=O) groups is 2. The van der Waals surface area contributed by atoms with Gasteiger partial charge in [0.1, 0.15) is 16.4 Å². The Hall–Kier alpha value is -3.51. The lowest BCUT2D eigenvalue weighted by molar-refractivity contribution is -0.120. The summed E-state index contributed by atoms with van der Waals surface area (Å²) in [6.07, 6.45) is 0. The summed E-state index contributed by atoms with van der Waals surface area (Å²) in [5, 5.41) is 3.17. The summed E-state index contributed by atoms with van der Waals surface area (Å²) in [4.78, 5) is 29.3. The average molecular weight is 431 g/mol. The van der Waals surface area contributed by atoms with Crippen LogP contribution in [0.1, 0.15) is 11.1 Å². The van der Waals surface area contributed by atoms with Gasteiger partial charge in [-0.05, 0) is 50.2 Å². The smallest absolute Gasteiger partial charge is 0.283 e. The van der Waals surface area contributed by atoms with Crippen LogP contribution in [0.5, 0.6) is 5.75 Å². The molecule has 31 heavy (non-hydrogen) atoms. The lowest BCUT2D eigenvalue weighted by atomic mass is 10.2. The number of nitrogens with one attached hydrogen (secondary N) is 1. The molecule has 0 radical (unpaired) electrons. The molecule has 156 valence electrons. The first kappa shape index (κ1) is 20.8. The molecule has 1 N–H and O–H groups in total. The summed E-state index contributed by atoms with van der Waals surface area (Å²) in [5.74, 6) is -0.333. The van der Waals surface area contributed by atoms with Gasteiger partial charge in [-0.15, -0.1) is 0 Å². The van der Waals surface area contributed by atoms with E-state index in [0.717, 1.165) is 21.7 Å². The molecule has 1 aliphatic heterocycles. The fourth-order valence-electron chi connectivity index (χ4n) is 3.25. The van der Waals surface area contributed by atoms with Crippen molar-refractivity contribution < 1.29 is 14.3 Å². The molecule has 2 amide bonds. The number of rotatable bonds is 6. The molecule has 0 saturated carbocycles. The average Bonchev–Trinajstić information content (AvgIpc) is 3.00. The van der Waals surface area contributed by atoms with Gasteiger partial charge in [-0.1, -0.05) is 59.3 Å². The van der Waals surface area contributed by atoms with Gasteiger partial charge in [-0.25, -0.2) is 4.90 Å². The molecule has 0 fully saturated rings. The molecule has 5 nitrogen and oxygen atoms in total. The second kappa shape index (κ2) is 8.70. The molecule has 3 aromatic carbocycles. The van der Waals surface area contributed by atoms with Crippen molar-refractivity contribution in [1.82, 2.24) is 0 Å². The standard InChI is InChI=1S/C25H22N2O3S/c1-16-8-12-18(13-9-16)26-22-23(31-19-14-10-17(2)11-15-19)25(29)27(24(22)28)20-6-4-5-7-21(20)30-3/h4-15,26H,1-3H3. The highest BCUT2D eigenvalue weighted by molar-refractivity contribution is 8.04. The summed E-state index contributed by atoms with van der Waals surface area (Å²) in [5.41, 5.74) is 3.65. The van der Waals surface area contributed by atoms with Crippen molar-refractivity contribution in [2.24, 2.45) is 0 Å². The van der Waals surface area contributed by atoms with E-state index < -0.39 is 5.91 Å². The lowest BCUT2D eigenvalue weighted by Crippen LogP contribution is -2.32. The van der Waals surface area contributed by atoms with Crippen molar-refractivity contribution in [1.29, 1.82) is 0 Å². The highest BCUT2D eigenvalue weighted by atomic mass is 32.2. The van der Waals surface area contributed by atoms with Gasteiger partial charge in [0, 0.05) is 10.6 Å². The monoisotopic (exact) mass is 430 g/mol. The molecule has 3 aromatic rings. The number of para-hydroxylation sites is 2. The Morgan fingerprint density at radius 3 is 2.06 bits per heavy atom. The Morgan fingerprint density at radius 1 is 0.806 bits per heavy atom. The lowest BCUT2D eigenvalue weighted by Gasteiger charge is -2.18. The van der Waals surface area contributed by atoms with Crippen molar-refractivity contribution in [2.45, 2.75) is 18.7 Å². The number of nitrogens with zero attached hydrogens (tertiary/aromatic N) is 1. The van der Waals surface area contributed by atoms with E-state index in [0.29, 0.717) is 16.3 Å². The molecular weight excluding hydrogens is 408 g/mol. The number of hydrogen-bond acceptors (Lipinski definition) is 5. The van der Waals surface area contributed by atoms with Crippen LogP contribution in [0.2, 0.25) is 0 Å². The van der Waals surface area contributed by atoms with Gasteiger partial charge in [0.05, 0.1) is 12.8 Å². The first-order valence-electron chi connectivity index (χ1n) is 9.82. The van der Waals surface area contributed by atoms with Crippen LogP contribution < -0.4 is 15.0 Å². The van der Waals surface area contributed by atoms with Crippen molar-refractivity contribution >= 4 is 35.0 Å². The second-order valence-corrected chi connectivity index (χ2v) is 8.31. The van der Waals surface area contributed by atoms with Crippen LogP contribution in [0.25, 0.3) is 0 Å². The number of carbonyl (C=O) groups excluding carboxylic acids is 2. The van der Waals surface area contributed by atoms with Gasteiger partial charge in [0.25, 0.3) is 11.8 Å². The minimum absolute atomic E-state index is 0.255. The molecule has 0 unspecified atom stereocenters. The van der Waals surface area contributed by atoms with Crippen molar-refractivity contribution in [3.8, 4) is 5.75 Å². The number of amides is 2. The zero-order valence-corrected chi connectivity index (χ0v) is 18.3. The number of thioether (sulfide) groups is 1. The minimum atomic E-state index is -0.412. The summed E-state index contributed by atoms with van der Waals surface area (Å²) in [7, 11) is 1.52. The van der Waals surface area contributed by atoms with E-state index in [4.69, 9.17) is 4.74 Å². The maximum absolute atomic E-state index is 13.4. The molecule has 0 bridgehead atoms. The minimum Gasteiger partial charge on any atom is -0.495 e. The summed E-state index contributed by atoms with van der Waals surface area (Å²) in [6.45, 7) is 4.00. The molecule has 1 heterocycles. The fourth-order valence-corrected chi connectivity index (χ4v) is 4.18. The molecule has 0 spiro atoms. The number of aryl methyl sites for hydroxylation is 2. The molecule has 0 aromatic heterocycles. The molecule has 6 heteroatoms. The van der Waals surface area contributed by atoms with Crippen molar-refractivity contribution in [3.05, 3.63) is 94.5 Å². The van der Waals surface area contributed by atoms with Crippen LogP contribution >= 0.6 is 11.8 Å². The summed E-state index contributed by atoms with van der Waals surface area (Å²) >= 11 is 1.28. The van der Waals surface area contributed by atoms with E-state index >= 15 is 0 Å². The van der Waals surface area contributed by atoms with Crippen LogP contribution in [0.15, 0.2) is 88.3 Å². The number of methoxy groups -OCH3 is 1. The molecule has 0 aliphatic carbocycles. The Kier molecular flexibility index (Phi) is 5.82. The number of imide groups is 1. The van der Waals surface area contributed by atoms with E-state index in [9.17, 15) is 9.59 Å². The Balaban J connectivity index is 1.76. The molecule has 0 saturated heterocycles. The van der Waals surface area contributed by atoms with Gasteiger partial charge in [-0.3, -0.25) is 9.59 Å². The normalized spacial score (nSPS) is 13.7. The van der Waals surface area contributed by atoms with Gasteiger partial charge in [-0.2, -0.15) is 0 Å². The molecule has 0 atom stereocenters. The van der Waals surface area contributed by atoms with E-state index in [2.05, 4.69) is 5.32 Å². The van der Waals surface area contributed by atoms with E-state index in [1.165, 1.54) is 23.8 Å². The Bertz CT molecular complexity index is 1100. The Morgan fingerprint density at radius 2 is 1.42 bits per heavy atom. The number of ether oxygens (including phenoxy) is 1. The SMILES string of the molecule is COc1ccccc1N1C(=O)C(Nc2ccc(C)cc2)=C(Sc2ccc(C)cc2)C1=O. The van der Waals surface area contributed by atoms with Crippen LogP contribution in [0, 0.1) is 13.8 Å². The second-order valence-electron chi connectivity index (χ2n) is 7.23. The third-order valence-electron chi connectivity index (χ3n) is 4.93. The van der Waals surface area contributed by atoms with Gasteiger partial charge in [0.2, 0.25) is 0 Å². The molecule has 4 rings (SSSR count). The topological polar surface area (TPSA) is 58.6 Å². The van der Waals surface area contributed by atoms with Crippen molar-refractivity contribution in [3.63, 3.8) is 0 Å². The number of anilines is 2. The quantitative estimate of drug-likeness (QED) is 0.538. The van der Waals surface area contributed by atoms with Crippen LogP contribution in [-0.4, -0.2) is 18.9 Å². The van der Waals surface area contributed by atoms with E-state index in [1.54, 1.807) is 24.3 Å². The first-order chi connectivity index (χ1) is 15.0. The third kappa shape index (κ3) is 4.20. The Labute approximate surface area is 185 Å². The predicted octanol–water partition coefficient (Wildman–Crippen LogP) is 5.30. The van der Waals surface area contributed by atoms with Crippen LogP contribution in [-0.2, 0) is 9.59 Å². The predicted molar refractivity (Wildman–Crippen MR) is 124 cm³/mol. The van der Waals surface area contributed by atoms with Gasteiger partial charge < -0.3 is 10.1 Å². The highest BCUT2D eigenvalue weighted by Crippen LogP contribution is 2.40. The van der Waals surface area contributed by atoms with Crippen LogP contribution in [0.4, 0.5) is 11.4 Å². The van der Waals surface area contributed by atoms with Crippen LogP contribution in [0.3, 0.4) is 0 Å². The van der Waals surface area contributed by atoms with E-state index in [-0.39, 0.29) is 11.6 Å². The summed E-state index contributed by atoms with van der Waals surface area (Å²) in [6, 6.07) is 22.5. The van der Waals surface area contributed by atoms with Gasteiger partial charge >= 0.3 is 0 Å². The first-order valence-corrected chi connectivity index (χ1v) is 10.6. The van der Waals surface area contributed by atoms with Gasteiger partial charge in [0.15, 0.2) is 0 Å². The highest BCUT2D eigenvalue weighted by Gasteiger charge is 2.41. The zero-order chi connectivity index (χ0) is 22.0. The number of hydrogen-bond donors (Lipinski definition) is 1. The largest absolute Gasteiger partial charge is 0.495 e. The summed E-state index contributed by atoms with van der Waals surface area (Å²) < 4.78 is 5.40. The maximum Gasteiger partial charge on any atom is 0.283 e. The third-order valence-corrected chi connectivity index (χ3v) is 6.02. The van der Waals surface area contributed by atoms with Crippen molar-refractivity contribution in [2.75, 3.05) is 17.3 Å². The molecular formula is C25H22N2O3S. The molecule has 1 aliphatic rings. The number of benzene rings is 3. The fraction of sp³-hybridized carbons (Fsp3) is 0.120.